The number of thiazole rings is 1. The number of nitrogens with one attached hydrogen (secondary N) is 1. The molecule has 0 saturated carbocycles. The molecule has 1 amide bonds. The number of anilines is 1. The van der Waals surface area contributed by atoms with Crippen LogP contribution in [0, 0.1) is 13.8 Å². The third kappa shape index (κ3) is 3.45. The zero-order chi connectivity index (χ0) is 17.3. The van der Waals surface area contributed by atoms with Gasteiger partial charge in [-0.2, -0.15) is 5.10 Å². The predicted octanol–water partition coefficient (Wildman–Crippen LogP) is 4.56. The molecule has 1 N–H and O–H groups in total. The fourth-order valence-corrected chi connectivity index (χ4v) is 3.45. The van der Waals surface area contributed by atoms with Crippen molar-refractivity contribution >= 4 is 45.6 Å². The highest BCUT2D eigenvalue weighted by molar-refractivity contribution is 7.15. The summed E-state index contributed by atoms with van der Waals surface area (Å²) >= 11 is 14.0. The van der Waals surface area contributed by atoms with Crippen molar-refractivity contribution in [1.29, 1.82) is 0 Å². The molecule has 0 atom stereocenters. The molecule has 0 bridgehead atoms. The quantitative estimate of drug-likeness (QED) is 0.721. The smallest absolute Gasteiger partial charge is 0.262 e. The second-order valence-electron chi connectivity index (χ2n) is 5.23. The van der Waals surface area contributed by atoms with E-state index in [4.69, 9.17) is 23.2 Å². The Balaban J connectivity index is 1.86. The van der Waals surface area contributed by atoms with Gasteiger partial charge < -0.3 is 0 Å². The SMILES string of the molecule is Cc1cnc(NC(=O)c2c(C)nn(Cc3ccccc3Cl)c2Cl)s1. The van der Waals surface area contributed by atoms with Crippen molar-refractivity contribution in [3.63, 3.8) is 0 Å². The number of carbonyl (C=O) groups excluding carboxylic acids is 1. The number of rotatable bonds is 4. The van der Waals surface area contributed by atoms with Gasteiger partial charge in [0.25, 0.3) is 5.91 Å². The van der Waals surface area contributed by atoms with E-state index in [-0.39, 0.29) is 11.1 Å². The highest BCUT2D eigenvalue weighted by Crippen LogP contribution is 2.25. The van der Waals surface area contributed by atoms with Crippen LogP contribution in [0.1, 0.15) is 26.5 Å². The molecule has 124 valence electrons. The lowest BCUT2D eigenvalue weighted by atomic mass is 10.2. The summed E-state index contributed by atoms with van der Waals surface area (Å²) in [4.78, 5) is 17.6. The van der Waals surface area contributed by atoms with Gasteiger partial charge in [-0.15, -0.1) is 11.3 Å². The highest BCUT2D eigenvalue weighted by Gasteiger charge is 2.21. The van der Waals surface area contributed by atoms with E-state index >= 15 is 0 Å². The van der Waals surface area contributed by atoms with Gasteiger partial charge in [0.15, 0.2) is 5.13 Å². The first-order valence-corrected chi connectivity index (χ1v) is 8.73. The largest absolute Gasteiger partial charge is 0.298 e. The molecule has 0 unspecified atom stereocenters. The first kappa shape index (κ1) is 17.0. The molecule has 0 aliphatic heterocycles. The standard InChI is InChI=1S/C16H14Cl2N4OS/c1-9-7-19-16(24-9)20-15(23)13-10(2)21-22(14(13)18)8-11-5-3-4-6-12(11)17/h3-7H,8H2,1-2H3,(H,19,20,23). The number of amides is 1. The second-order valence-corrected chi connectivity index (χ2v) is 7.23. The van der Waals surface area contributed by atoms with Crippen LogP contribution in [0.4, 0.5) is 5.13 Å². The summed E-state index contributed by atoms with van der Waals surface area (Å²) in [5.74, 6) is -0.322. The monoisotopic (exact) mass is 380 g/mol. The predicted molar refractivity (Wildman–Crippen MR) is 97.3 cm³/mol. The average Bonchev–Trinajstić information content (AvgIpc) is 3.05. The van der Waals surface area contributed by atoms with Gasteiger partial charge in [-0.05, 0) is 25.5 Å². The summed E-state index contributed by atoms with van der Waals surface area (Å²) in [6.45, 7) is 4.06. The number of hydrogen-bond donors (Lipinski definition) is 1. The number of aryl methyl sites for hydroxylation is 2. The fourth-order valence-electron chi connectivity index (χ4n) is 2.28. The molecule has 24 heavy (non-hydrogen) atoms. The Morgan fingerprint density at radius 3 is 2.71 bits per heavy atom. The number of carbonyl (C=O) groups is 1. The van der Waals surface area contributed by atoms with Crippen LogP contribution in [-0.4, -0.2) is 20.7 Å². The van der Waals surface area contributed by atoms with E-state index in [2.05, 4.69) is 15.4 Å². The van der Waals surface area contributed by atoms with E-state index in [0.717, 1.165) is 10.4 Å². The minimum atomic E-state index is -0.322. The third-order valence-corrected chi connectivity index (χ3v) is 4.99. The lowest BCUT2D eigenvalue weighted by molar-refractivity contribution is 0.102. The number of hydrogen-bond acceptors (Lipinski definition) is 4. The van der Waals surface area contributed by atoms with Gasteiger partial charge in [-0.1, -0.05) is 41.4 Å². The first-order valence-electron chi connectivity index (χ1n) is 7.16. The minimum absolute atomic E-state index is 0.276. The van der Waals surface area contributed by atoms with Crippen LogP contribution < -0.4 is 5.32 Å². The van der Waals surface area contributed by atoms with E-state index in [9.17, 15) is 4.79 Å². The maximum Gasteiger partial charge on any atom is 0.262 e. The molecule has 2 aromatic heterocycles. The fraction of sp³-hybridized carbons (Fsp3) is 0.188. The maximum absolute atomic E-state index is 12.5. The van der Waals surface area contributed by atoms with Gasteiger partial charge in [0.1, 0.15) is 5.15 Å². The van der Waals surface area contributed by atoms with Crippen LogP contribution in [-0.2, 0) is 6.54 Å². The molecule has 0 saturated heterocycles. The molecule has 1 aromatic carbocycles. The van der Waals surface area contributed by atoms with Crippen LogP contribution in [0.5, 0.6) is 0 Å². The molecule has 2 heterocycles. The number of halogens is 2. The van der Waals surface area contributed by atoms with E-state index in [1.807, 2.05) is 25.1 Å². The summed E-state index contributed by atoms with van der Waals surface area (Å²) in [7, 11) is 0. The average molecular weight is 381 g/mol. The minimum Gasteiger partial charge on any atom is -0.298 e. The molecule has 0 spiro atoms. The molecule has 8 heteroatoms. The molecule has 0 fully saturated rings. The third-order valence-electron chi connectivity index (χ3n) is 3.41. The molecule has 0 aliphatic rings. The van der Waals surface area contributed by atoms with Crippen molar-refractivity contribution in [1.82, 2.24) is 14.8 Å². The van der Waals surface area contributed by atoms with Crippen molar-refractivity contribution in [2.45, 2.75) is 20.4 Å². The highest BCUT2D eigenvalue weighted by atomic mass is 35.5. The second kappa shape index (κ2) is 6.93. The normalized spacial score (nSPS) is 10.8. The topological polar surface area (TPSA) is 59.8 Å². The molecule has 3 aromatic rings. The summed E-state index contributed by atoms with van der Waals surface area (Å²) < 4.78 is 1.57. The first-order chi connectivity index (χ1) is 11.5. The van der Waals surface area contributed by atoms with Crippen molar-refractivity contribution in [2.75, 3.05) is 5.32 Å². The van der Waals surface area contributed by atoms with Gasteiger partial charge >= 0.3 is 0 Å². The molecule has 5 nitrogen and oxygen atoms in total. The van der Waals surface area contributed by atoms with Crippen molar-refractivity contribution in [3.05, 3.63) is 62.3 Å². The molecular formula is C16H14Cl2N4OS. The van der Waals surface area contributed by atoms with Crippen LogP contribution in [0.15, 0.2) is 30.5 Å². The van der Waals surface area contributed by atoms with E-state index < -0.39 is 0 Å². The zero-order valence-electron chi connectivity index (χ0n) is 13.0. The zero-order valence-corrected chi connectivity index (χ0v) is 15.3. The maximum atomic E-state index is 12.5. The van der Waals surface area contributed by atoms with Crippen LogP contribution in [0.25, 0.3) is 0 Å². The van der Waals surface area contributed by atoms with E-state index in [0.29, 0.717) is 28.0 Å². The van der Waals surface area contributed by atoms with Gasteiger partial charge in [-0.25, -0.2) is 9.67 Å². The number of aromatic nitrogens is 3. The van der Waals surface area contributed by atoms with Crippen LogP contribution >= 0.6 is 34.5 Å². The summed E-state index contributed by atoms with van der Waals surface area (Å²) in [6, 6.07) is 7.45. The van der Waals surface area contributed by atoms with Crippen molar-refractivity contribution in [3.8, 4) is 0 Å². The van der Waals surface area contributed by atoms with Gasteiger partial charge in [0, 0.05) is 16.1 Å². The molecule has 3 rings (SSSR count). The number of benzene rings is 1. The Morgan fingerprint density at radius 2 is 2.04 bits per heavy atom. The molecule has 0 radical (unpaired) electrons. The van der Waals surface area contributed by atoms with Crippen molar-refractivity contribution < 1.29 is 4.79 Å². The van der Waals surface area contributed by atoms with Gasteiger partial charge in [-0.3, -0.25) is 10.1 Å². The molecular weight excluding hydrogens is 367 g/mol. The van der Waals surface area contributed by atoms with Gasteiger partial charge in [0.2, 0.25) is 0 Å². The molecule has 0 aliphatic carbocycles. The lowest BCUT2D eigenvalue weighted by Crippen LogP contribution is -2.13. The van der Waals surface area contributed by atoms with Gasteiger partial charge in [0.05, 0.1) is 17.8 Å². The van der Waals surface area contributed by atoms with E-state index in [1.54, 1.807) is 23.9 Å². The Kier molecular flexibility index (Phi) is 4.89. The summed E-state index contributed by atoms with van der Waals surface area (Å²) in [5.41, 5.74) is 1.78. The van der Waals surface area contributed by atoms with Crippen LogP contribution in [0.2, 0.25) is 10.2 Å². The number of nitrogens with zero attached hydrogens (tertiary/aromatic N) is 3. The Hall–Kier alpha value is -1.89. The Bertz CT molecular complexity index is 903. The Labute approximate surface area is 153 Å². The van der Waals surface area contributed by atoms with Crippen LogP contribution in [0.3, 0.4) is 0 Å². The Morgan fingerprint density at radius 1 is 1.29 bits per heavy atom. The summed E-state index contributed by atoms with van der Waals surface area (Å²) in [5, 5.41) is 8.56. The summed E-state index contributed by atoms with van der Waals surface area (Å²) in [6.07, 6.45) is 1.70. The lowest BCUT2D eigenvalue weighted by Gasteiger charge is -2.06. The van der Waals surface area contributed by atoms with E-state index in [1.165, 1.54) is 11.3 Å². The van der Waals surface area contributed by atoms with Crippen molar-refractivity contribution in [2.24, 2.45) is 0 Å².